The van der Waals surface area contributed by atoms with Crippen LogP contribution in [0.2, 0.25) is 0 Å². The Labute approximate surface area is 79.0 Å². The van der Waals surface area contributed by atoms with Gasteiger partial charge in [0.15, 0.2) is 0 Å². The number of benzene rings is 1. The summed E-state index contributed by atoms with van der Waals surface area (Å²) in [5.41, 5.74) is 2.31. The number of rotatable bonds is 4. The summed E-state index contributed by atoms with van der Waals surface area (Å²) in [6.45, 7) is 4.05. The lowest BCUT2D eigenvalue weighted by Crippen LogP contribution is -2.15. The standard InChI is InChI=1S/C11H15NO/c1-9-3-5-11(6-4-9)12-10(2)7-8-13/h3-6,8,10,12H,7H2,1-2H3/t10-/m1/s1. The molecule has 0 aliphatic rings. The number of aryl methyl sites for hydroxylation is 1. The quantitative estimate of drug-likeness (QED) is 0.715. The second-order valence-electron chi connectivity index (χ2n) is 3.31. The van der Waals surface area contributed by atoms with Crippen LogP contribution in [0, 0.1) is 6.92 Å². The molecule has 1 N–H and O–H groups in total. The molecule has 0 heterocycles. The molecule has 2 nitrogen and oxygen atoms in total. The zero-order valence-corrected chi connectivity index (χ0v) is 8.08. The molecule has 0 amide bonds. The summed E-state index contributed by atoms with van der Waals surface area (Å²) < 4.78 is 0. The van der Waals surface area contributed by atoms with Crippen molar-refractivity contribution in [1.29, 1.82) is 0 Å². The SMILES string of the molecule is Cc1ccc(N[C@H](C)CC=O)cc1. The average Bonchev–Trinajstić information content (AvgIpc) is 2.09. The number of carbonyl (C=O) groups excluding carboxylic acids is 1. The molecule has 13 heavy (non-hydrogen) atoms. The smallest absolute Gasteiger partial charge is 0.122 e. The van der Waals surface area contributed by atoms with E-state index >= 15 is 0 Å². The van der Waals surface area contributed by atoms with Crippen LogP contribution in [0.1, 0.15) is 18.9 Å². The van der Waals surface area contributed by atoms with E-state index in [-0.39, 0.29) is 6.04 Å². The Morgan fingerprint density at radius 1 is 1.38 bits per heavy atom. The lowest BCUT2D eigenvalue weighted by atomic mass is 10.2. The van der Waals surface area contributed by atoms with Crippen LogP contribution in [0.3, 0.4) is 0 Å². The van der Waals surface area contributed by atoms with E-state index in [2.05, 4.69) is 24.4 Å². The van der Waals surface area contributed by atoms with Crippen LogP contribution < -0.4 is 5.32 Å². The molecule has 1 aromatic rings. The summed E-state index contributed by atoms with van der Waals surface area (Å²) >= 11 is 0. The first-order valence-electron chi connectivity index (χ1n) is 4.49. The number of carbonyl (C=O) groups is 1. The third-order valence-electron chi connectivity index (χ3n) is 1.91. The Balaban J connectivity index is 2.53. The molecule has 0 bridgehead atoms. The van der Waals surface area contributed by atoms with E-state index in [0.29, 0.717) is 6.42 Å². The third-order valence-corrected chi connectivity index (χ3v) is 1.91. The first kappa shape index (κ1) is 9.78. The van der Waals surface area contributed by atoms with Gasteiger partial charge in [0, 0.05) is 18.2 Å². The highest BCUT2D eigenvalue weighted by Crippen LogP contribution is 2.10. The summed E-state index contributed by atoms with van der Waals surface area (Å²) in [6.07, 6.45) is 1.49. The second-order valence-corrected chi connectivity index (χ2v) is 3.31. The van der Waals surface area contributed by atoms with Crippen LogP contribution in [-0.2, 0) is 4.79 Å². The largest absolute Gasteiger partial charge is 0.382 e. The number of nitrogens with one attached hydrogen (secondary N) is 1. The Bertz CT molecular complexity index is 266. The molecule has 0 aromatic heterocycles. The first-order valence-corrected chi connectivity index (χ1v) is 4.49. The van der Waals surface area contributed by atoms with Crippen molar-refractivity contribution in [2.24, 2.45) is 0 Å². The lowest BCUT2D eigenvalue weighted by molar-refractivity contribution is -0.107. The van der Waals surface area contributed by atoms with Gasteiger partial charge in [0.1, 0.15) is 6.29 Å². The fraction of sp³-hybridized carbons (Fsp3) is 0.364. The molecule has 2 heteroatoms. The zero-order chi connectivity index (χ0) is 9.68. The molecule has 0 saturated carbocycles. The van der Waals surface area contributed by atoms with Gasteiger partial charge in [-0.25, -0.2) is 0 Å². The molecule has 0 aliphatic heterocycles. The number of hydrogen-bond acceptors (Lipinski definition) is 2. The van der Waals surface area contributed by atoms with E-state index in [1.165, 1.54) is 5.56 Å². The van der Waals surface area contributed by atoms with Gasteiger partial charge in [-0.15, -0.1) is 0 Å². The van der Waals surface area contributed by atoms with Gasteiger partial charge in [-0.3, -0.25) is 0 Å². The fourth-order valence-electron chi connectivity index (χ4n) is 1.14. The molecule has 0 spiro atoms. The molecule has 0 radical (unpaired) electrons. The zero-order valence-electron chi connectivity index (χ0n) is 8.08. The maximum Gasteiger partial charge on any atom is 0.122 e. The van der Waals surface area contributed by atoms with Crippen molar-refractivity contribution < 1.29 is 4.79 Å². The highest BCUT2D eigenvalue weighted by Gasteiger charge is 1.99. The van der Waals surface area contributed by atoms with Crippen LogP contribution in [0.5, 0.6) is 0 Å². The van der Waals surface area contributed by atoms with Crippen molar-refractivity contribution in [3.8, 4) is 0 Å². The molecular weight excluding hydrogens is 162 g/mol. The maximum absolute atomic E-state index is 10.2. The van der Waals surface area contributed by atoms with Gasteiger partial charge in [-0.1, -0.05) is 17.7 Å². The maximum atomic E-state index is 10.2. The Kier molecular flexibility index (Phi) is 3.50. The van der Waals surface area contributed by atoms with E-state index in [1.807, 2.05) is 19.1 Å². The number of aldehydes is 1. The van der Waals surface area contributed by atoms with Crippen LogP contribution in [0.4, 0.5) is 5.69 Å². The predicted molar refractivity (Wildman–Crippen MR) is 54.9 cm³/mol. The first-order chi connectivity index (χ1) is 6.22. The summed E-state index contributed by atoms with van der Waals surface area (Å²) in [6, 6.07) is 8.36. The molecule has 0 aliphatic carbocycles. The molecule has 0 saturated heterocycles. The van der Waals surface area contributed by atoms with Crippen molar-refractivity contribution in [3.63, 3.8) is 0 Å². The topological polar surface area (TPSA) is 29.1 Å². The minimum Gasteiger partial charge on any atom is -0.382 e. The van der Waals surface area contributed by atoms with E-state index < -0.39 is 0 Å². The van der Waals surface area contributed by atoms with E-state index in [0.717, 1.165) is 12.0 Å². The van der Waals surface area contributed by atoms with Crippen LogP contribution in [0.15, 0.2) is 24.3 Å². The van der Waals surface area contributed by atoms with Crippen molar-refractivity contribution in [2.75, 3.05) is 5.32 Å². The minimum atomic E-state index is 0.209. The number of anilines is 1. The molecule has 1 rings (SSSR count). The Morgan fingerprint density at radius 3 is 2.54 bits per heavy atom. The monoisotopic (exact) mass is 177 g/mol. The van der Waals surface area contributed by atoms with Crippen molar-refractivity contribution in [1.82, 2.24) is 0 Å². The van der Waals surface area contributed by atoms with Crippen molar-refractivity contribution in [2.45, 2.75) is 26.3 Å². The van der Waals surface area contributed by atoms with E-state index in [1.54, 1.807) is 0 Å². The highest BCUT2D eigenvalue weighted by molar-refractivity contribution is 5.53. The molecular formula is C11H15NO. The van der Waals surface area contributed by atoms with Gasteiger partial charge in [-0.2, -0.15) is 0 Å². The van der Waals surface area contributed by atoms with Gasteiger partial charge in [-0.05, 0) is 26.0 Å². The minimum absolute atomic E-state index is 0.209. The van der Waals surface area contributed by atoms with Gasteiger partial charge >= 0.3 is 0 Å². The summed E-state index contributed by atoms with van der Waals surface area (Å²) in [7, 11) is 0. The number of hydrogen-bond donors (Lipinski definition) is 1. The van der Waals surface area contributed by atoms with Crippen LogP contribution >= 0.6 is 0 Å². The highest BCUT2D eigenvalue weighted by atomic mass is 16.1. The van der Waals surface area contributed by atoms with Crippen molar-refractivity contribution >= 4 is 12.0 Å². The van der Waals surface area contributed by atoms with E-state index in [4.69, 9.17) is 0 Å². The summed E-state index contributed by atoms with van der Waals surface area (Å²) in [4.78, 5) is 10.2. The van der Waals surface area contributed by atoms with Gasteiger partial charge < -0.3 is 10.1 Å². The van der Waals surface area contributed by atoms with Gasteiger partial charge in [0.25, 0.3) is 0 Å². The summed E-state index contributed by atoms with van der Waals surface area (Å²) in [5, 5.41) is 3.24. The molecule has 0 unspecified atom stereocenters. The third kappa shape index (κ3) is 3.28. The Hall–Kier alpha value is -1.31. The van der Waals surface area contributed by atoms with Crippen molar-refractivity contribution in [3.05, 3.63) is 29.8 Å². The van der Waals surface area contributed by atoms with Gasteiger partial charge in [0.05, 0.1) is 0 Å². The molecule has 70 valence electrons. The molecule has 0 fully saturated rings. The van der Waals surface area contributed by atoms with Crippen LogP contribution in [0.25, 0.3) is 0 Å². The molecule has 1 atom stereocenters. The summed E-state index contributed by atoms with van der Waals surface area (Å²) in [5.74, 6) is 0. The fourth-order valence-corrected chi connectivity index (χ4v) is 1.14. The van der Waals surface area contributed by atoms with E-state index in [9.17, 15) is 4.79 Å². The average molecular weight is 177 g/mol. The van der Waals surface area contributed by atoms with Crippen LogP contribution in [-0.4, -0.2) is 12.3 Å². The molecule has 1 aromatic carbocycles. The second kappa shape index (κ2) is 4.65. The Morgan fingerprint density at radius 2 is 2.00 bits per heavy atom. The normalized spacial score (nSPS) is 12.2. The van der Waals surface area contributed by atoms with Gasteiger partial charge in [0.2, 0.25) is 0 Å². The lowest BCUT2D eigenvalue weighted by Gasteiger charge is -2.12. The predicted octanol–water partition coefficient (Wildman–Crippen LogP) is 2.38.